The first-order chi connectivity index (χ1) is 13.0. The highest BCUT2D eigenvalue weighted by molar-refractivity contribution is 8.01. The molecule has 5 nitrogen and oxygen atoms in total. The summed E-state index contributed by atoms with van der Waals surface area (Å²) < 4.78 is 0.747. The topological polar surface area (TPSA) is 58.1 Å². The van der Waals surface area contributed by atoms with Crippen LogP contribution in [0, 0.1) is 6.92 Å². The normalized spacial score (nSPS) is 10.6. The van der Waals surface area contributed by atoms with Crippen LogP contribution in [0.25, 0.3) is 0 Å². The smallest absolute Gasteiger partial charge is 0.233 e. The molecule has 1 amide bonds. The molecule has 1 N–H and O–H groups in total. The van der Waals surface area contributed by atoms with E-state index in [0.29, 0.717) is 22.5 Å². The van der Waals surface area contributed by atoms with Gasteiger partial charge in [0, 0.05) is 24.3 Å². The lowest BCUT2D eigenvalue weighted by Crippen LogP contribution is -2.27. The molecular formula is C19H19ClN4OS2. The molecule has 27 heavy (non-hydrogen) atoms. The van der Waals surface area contributed by atoms with Gasteiger partial charge < -0.3 is 10.2 Å². The van der Waals surface area contributed by atoms with E-state index in [9.17, 15) is 4.79 Å². The number of nitrogens with one attached hydrogen (secondary N) is 1. The first-order valence-corrected chi connectivity index (χ1v) is 10.5. The van der Waals surface area contributed by atoms with Crippen LogP contribution in [0.15, 0.2) is 52.9 Å². The zero-order valence-corrected chi connectivity index (χ0v) is 17.4. The highest BCUT2D eigenvalue weighted by atomic mass is 35.5. The van der Waals surface area contributed by atoms with E-state index in [4.69, 9.17) is 11.6 Å². The highest BCUT2D eigenvalue weighted by Crippen LogP contribution is 2.28. The van der Waals surface area contributed by atoms with E-state index in [0.717, 1.165) is 15.6 Å². The van der Waals surface area contributed by atoms with Crippen molar-refractivity contribution in [2.75, 3.05) is 18.1 Å². The minimum absolute atomic E-state index is 0.0557. The number of aryl methyl sites for hydroxylation is 1. The van der Waals surface area contributed by atoms with Crippen LogP contribution in [-0.2, 0) is 11.3 Å². The number of rotatable bonds is 7. The van der Waals surface area contributed by atoms with Gasteiger partial charge in [-0.15, -0.1) is 10.2 Å². The number of halogens is 1. The van der Waals surface area contributed by atoms with Crippen molar-refractivity contribution in [1.29, 1.82) is 0 Å². The van der Waals surface area contributed by atoms with E-state index in [1.165, 1.54) is 28.7 Å². The fourth-order valence-corrected chi connectivity index (χ4v) is 4.20. The van der Waals surface area contributed by atoms with E-state index in [-0.39, 0.29) is 5.91 Å². The number of thioether (sulfide) groups is 1. The Morgan fingerprint density at radius 3 is 2.74 bits per heavy atom. The van der Waals surface area contributed by atoms with Gasteiger partial charge in [0.1, 0.15) is 0 Å². The quantitative estimate of drug-likeness (QED) is 0.547. The molecule has 0 atom stereocenters. The van der Waals surface area contributed by atoms with Crippen LogP contribution in [-0.4, -0.2) is 33.8 Å². The summed E-state index contributed by atoms with van der Waals surface area (Å²) in [5.74, 6) is 0.383. The van der Waals surface area contributed by atoms with Crippen LogP contribution in [0.2, 0.25) is 5.02 Å². The van der Waals surface area contributed by atoms with Crippen LogP contribution in [0.3, 0.4) is 0 Å². The maximum absolute atomic E-state index is 12.4. The van der Waals surface area contributed by atoms with Gasteiger partial charge in [-0.25, -0.2) is 0 Å². The summed E-state index contributed by atoms with van der Waals surface area (Å²) >= 11 is 8.78. The summed E-state index contributed by atoms with van der Waals surface area (Å²) in [6.07, 6.45) is 0. The predicted molar refractivity (Wildman–Crippen MR) is 113 cm³/mol. The first kappa shape index (κ1) is 19.7. The van der Waals surface area contributed by atoms with Crippen LogP contribution in [0.1, 0.15) is 11.1 Å². The van der Waals surface area contributed by atoms with Crippen molar-refractivity contribution < 1.29 is 4.79 Å². The molecule has 0 fully saturated rings. The molecule has 0 unspecified atom stereocenters. The Bertz CT molecular complexity index is 914. The van der Waals surface area contributed by atoms with E-state index >= 15 is 0 Å². The predicted octanol–water partition coefficient (Wildman–Crippen LogP) is 4.99. The van der Waals surface area contributed by atoms with Crippen molar-refractivity contribution in [3.8, 4) is 0 Å². The van der Waals surface area contributed by atoms with Crippen molar-refractivity contribution in [1.82, 2.24) is 15.1 Å². The van der Waals surface area contributed by atoms with Crippen LogP contribution in [0.5, 0.6) is 0 Å². The molecule has 140 valence electrons. The second-order valence-electron chi connectivity index (χ2n) is 6.03. The molecule has 1 heterocycles. The molecule has 0 bridgehead atoms. The minimum atomic E-state index is 0.0557. The van der Waals surface area contributed by atoms with Gasteiger partial charge in [0.25, 0.3) is 0 Å². The number of carbonyl (C=O) groups is 1. The van der Waals surface area contributed by atoms with Gasteiger partial charge in [-0.05, 0) is 30.7 Å². The lowest BCUT2D eigenvalue weighted by atomic mass is 10.1. The molecule has 0 aliphatic rings. The molecule has 0 radical (unpaired) electrons. The van der Waals surface area contributed by atoms with Crippen LogP contribution in [0.4, 0.5) is 10.8 Å². The summed E-state index contributed by atoms with van der Waals surface area (Å²) in [4.78, 5) is 14.1. The van der Waals surface area contributed by atoms with E-state index < -0.39 is 0 Å². The maximum Gasteiger partial charge on any atom is 0.233 e. The summed E-state index contributed by atoms with van der Waals surface area (Å²) in [6.45, 7) is 2.64. The number of benzene rings is 2. The van der Waals surface area contributed by atoms with E-state index in [1.807, 2.05) is 50.4 Å². The SMILES string of the molecule is Cc1ccc(CN(C)C(=O)CSc2nnc(Nc3cccc(Cl)c3)s2)cc1. The Morgan fingerprint density at radius 1 is 1.22 bits per heavy atom. The monoisotopic (exact) mass is 418 g/mol. The number of hydrogen-bond acceptors (Lipinski definition) is 6. The molecule has 8 heteroatoms. The van der Waals surface area contributed by atoms with Crippen molar-refractivity contribution >= 4 is 51.4 Å². The lowest BCUT2D eigenvalue weighted by Gasteiger charge is -2.16. The second-order valence-corrected chi connectivity index (χ2v) is 8.67. The fourth-order valence-electron chi connectivity index (χ4n) is 2.30. The molecule has 3 aromatic rings. The van der Waals surface area contributed by atoms with Gasteiger partial charge in [0.15, 0.2) is 4.34 Å². The number of anilines is 2. The second kappa shape index (κ2) is 9.21. The Hall–Kier alpha value is -2.09. The molecule has 0 aliphatic carbocycles. The van der Waals surface area contributed by atoms with E-state index in [1.54, 1.807) is 4.90 Å². The van der Waals surface area contributed by atoms with Crippen LogP contribution < -0.4 is 5.32 Å². The molecule has 2 aromatic carbocycles. The molecule has 1 aromatic heterocycles. The number of carbonyl (C=O) groups excluding carboxylic acids is 1. The Kier molecular flexibility index (Phi) is 6.71. The number of nitrogens with zero attached hydrogens (tertiary/aromatic N) is 3. The summed E-state index contributed by atoms with van der Waals surface area (Å²) in [7, 11) is 1.81. The van der Waals surface area contributed by atoms with Crippen LogP contribution >= 0.6 is 34.7 Å². The average molecular weight is 419 g/mol. The third kappa shape index (κ3) is 5.95. The fraction of sp³-hybridized carbons (Fsp3) is 0.211. The first-order valence-electron chi connectivity index (χ1n) is 8.28. The average Bonchev–Trinajstić information content (AvgIpc) is 3.09. The summed E-state index contributed by atoms with van der Waals surface area (Å²) in [5, 5.41) is 12.7. The number of amides is 1. The molecule has 0 saturated carbocycles. The van der Waals surface area contributed by atoms with Gasteiger partial charge in [0.05, 0.1) is 5.75 Å². The molecule has 0 aliphatic heterocycles. The van der Waals surface area contributed by atoms with Gasteiger partial charge in [0.2, 0.25) is 11.0 Å². The van der Waals surface area contributed by atoms with Gasteiger partial charge in [-0.2, -0.15) is 0 Å². The Labute approximate surface area is 171 Å². The van der Waals surface area contributed by atoms with Gasteiger partial charge >= 0.3 is 0 Å². The minimum Gasteiger partial charge on any atom is -0.341 e. The highest BCUT2D eigenvalue weighted by Gasteiger charge is 2.12. The van der Waals surface area contributed by atoms with Crippen molar-refractivity contribution in [2.45, 2.75) is 17.8 Å². The third-order valence-electron chi connectivity index (χ3n) is 3.77. The zero-order chi connectivity index (χ0) is 19.2. The largest absolute Gasteiger partial charge is 0.341 e. The summed E-state index contributed by atoms with van der Waals surface area (Å²) in [5.41, 5.74) is 3.18. The Morgan fingerprint density at radius 2 is 2.00 bits per heavy atom. The van der Waals surface area contributed by atoms with Crippen molar-refractivity contribution in [3.05, 3.63) is 64.7 Å². The molecule has 0 spiro atoms. The zero-order valence-electron chi connectivity index (χ0n) is 15.0. The third-order valence-corrected chi connectivity index (χ3v) is 5.96. The molecule has 0 saturated heterocycles. The van der Waals surface area contributed by atoms with Crippen molar-refractivity contribution in [2.24, 2.45) is 0 Å². The van der Waals surface area contributed by atoms with E-state index in [2.05, 4.69) is 27.6 Å². The maximum atomic E-state index is 12.4. The lowest BCUT2D eigenvalue weighted by molar-refractivity contribution is -0.127. The number of hydrogen-bond donors (Lipinski definition) is 1. The molecular weight excluding hydrogens is 400 g/mol. The Balaban J connectivity index is 1.50. The summed E-state index contributed by atoms with van der Waals surface area (Å²) in [6, 6.07) is 15.6. The van der Waals surface area contributed by atoms with Gasteiger partial charge in [-0.3, -0.25) is 4.79 Å². The number of aromatic nitrogens is 2. The van der Waals surface area contributed by atoms with Gasteiger partial charge in [-0.1, -0.05) is 70.6 Å². The standard InChI is InChI=1S/C19H19ClN4OS2/c1-13-6-8-14(9-7-13)11-24(2)17(25)12-26-19-23-22-18(27-19)21-16-5-3-4-15(20)10-16/h3-10H,11-12H2,1-2H3,(H,21,22). The van der Waals surface area contributed by atoms with Crippen molar-refractivity contribution in [3.63, 3.8) is 0 Å². The molecule has 3 rings (SSSR count).